The number of amides is 1. The molecule has 0 unspecified atom stereocenters. The van der Waals surface area contributed by atoms with Gasteiger partial charge < -0.3 is 10.6 Å². The zero-order valence-corrected chi connectivity index (χ0v) is 14.1. The van der Waals surface area contributed by atoms with Crippen LogP contribution in [0.4, 0.5) is 4.39 Å². The maximum absolute atomic E-state index is 13.8. The Morgan fingerprint density at radius 2 is 2.17 bits per heavy atom. The Bertz CT molecular complexity index is 691. The first-order valence-corrected chi connectivity index (χ1v) is 9.02. The van der Waals surface area contributed by atoms with Gasteiger partial charge in [0.25, 0.3) is 5.91 Å². The van der Waals surface area contributed by atoms with Crippen molar-refractivity contribution in [3.8, 4) is 0 Å². The van der Waals surface area contributed by atoms with Gasteiger partial charge in [-0.15, -0.1) is 0 Å². The number of hydrogen-bond acceptors (Lipinski definition) is 4. The smallest absolute Gasteiger partial charge is 0.253 e. The molecule has 1 saturated heterocycles. The molecule has 6 nitrogen and oxygen atoms in total. The number of nitrogens with zero attached hydrogens (tertiary/aromatic N) is 1. The number of carbonyl (C=O) groups excluding carboxylic acids is 1. The first kappa shape index (κ1) is 17.8. The topological polar surface area (TPSA) is 92.5 Å². The fraction of sp³-hybridized carbons (Fsp3) is 0.533. The average molecular weight is 343 g/mol. The zero-order valence-electron chi connectivity index (χ0n) is 13.3. The predicted octanol–water partition coefficient (Wildman–Crippen LogP) is 0.933. The Labute approximate surface area is 135 Å². The number of piperidine rings is 1. The van der Waals surface area contributed by atoms with Gasteiger partial charge in [-0.3, -0.25) is 4.79 Å². The van der Waals surface area contributed by atoms with Gasteiger partial charge in [0, 0.05) is 24.7 Å². The molecule has 0 radical (unpaired) electrons. The molecule has 0 bridgehead atoms. The molecule has 2 atom stereocenters. The molecule has 1 aliphatic heterocycles. The van der Waals surface area contributed by atoms with Crippen LogP contribution in [0.2, 0.25) is 0 Å². The molecule has 8 heteroatoms. The van der Waals surface area contributed by atoms with Crippen molar-refractivity contribution in [3.05, 3.63) is 29.6 Å². The molecule has 0 aromatic heterocycles. The average Bonchev–Trinajstić information content (AvgIpc) is 2.54. The molecule has 0 saturated carbocycles. The predicted molar refractivity (Wildman–Crippen MR) is 84.9 cm³/mol. The van der Waals surface area contributed by atoms with Gasteiger partial charge in [-0.25, -0.2) is 17.5 Å². The fourth-order valence-corrected chi connectivity index (χ4v) is 3.59. The summed E-state index contributed by atoms with van der Waals surface area (Å²) in [5.74, 6) is -0.973. The van der Waals surface area contributed by atoms with Gasteiger partial charge in [0.05, 0.1) is 0 Å². The molecule has 1 aliphatic rings. The lowest BCUT2D eigenvalue weighted by atomic mass is 9.92. The number of halogens is 1. The Kier molecular flexibility index (Phi) is 5.38. The molecule has 3 N–H and O–H groups in total. The fourth-order valence-electron chi connectivity index (χ4n) is 2.76. The van der Waals surface area contributed by atoms with Crippen molar-refractivity contribution in [3.63, 3.8) is 0 Å². The first-order chi connectivity index (χ1) is 10.8. The molecule has 1 amide bonds. The molecular weight excluding hydrogens is 321 g/mol. The lowest BCUT2D eigenvalue weighted by Crippen LogP contribution is -2.45. The highest BCUT2D eigenvalue weighted by Crippen LogP contribution is 2.22. The molecule has 1 aromatic rings. The first-order valence-electron chi connectivity index (χ1n) is 7.54. The van der Waals surface area contributed by atoms with Gasteiger partial charge in [0.1, 0.15) is 10.7 Å². The van der Waals surface area contributed by atoms with E-state index in [0.717, 1.165) is 25.0 Å². The second kappa shape index (κ2) is 6.94. The van der Waals surface area contributed by atoms with E-state index in [9.17, 15) is 17.6 Å². The zero-order chi connectivity index (χ0) is 17.2. The van der Waals surface area contributed by atoms with Crippen LogP contribution in [-0.2, 0) is 10.0 Å². The van der Waals surface area contributed by atoms with Crippen LogP contribution >= 0.6 is 0 Å². The molecule has 0 spiro atoms. The number of sulfonamides is 1. The normalized spacial score (nSPS) is 20.3. The van der Waals surface area contributed by atoms with Gasteiger partial charge in [-0.05, 0) is 50.9 Å². The second-order valence-corrected chi connectivity index (χ2v) is 7.72. The van der Waals surface area contributed by atoms with Crippen LogP contribution in [0, 0.1) is 11.7 Å². The van der Waals surface area contributed by atoms with Crippen molar-refractivity contribution in [2.45, 2.75) is 30.7 Å². The van der Waals surface area contributed by atoms with Crippen LogP contribution < -0.4 is 10.5 Å². The van der Waals surface area contributed by atoms with Gasteiger partial charge in [0.2, 0.25) is 10.0 Å². The largest absolute Gasteiger partial charge is 0.338 e. The molecule has 2 rings (SSSR count). The van der Waals surface area contributed by atoms with Crippen LogP contribution in [0.1, 0.15) is 30.1 Å². The maximum Gasteiger partial charge on any atom is 0.253 e. The molecule has 1 fully saturated rings. The number of carbonyl (C=O) groups is 1. The molecule has 1 aromatic carbocycles. The Morgan fingerprint density at radius 3 is 2.78 bits per heavy atom. The molecular formula is C15H22FN3O3S. The van der Waals surface area contributed by atoms with Gasteiger partial charge in [0.15, 0.2) is 0 Å². The molecule has 23 heavy (non-hydrogen) atoms. The number of nitrogens with one attached hydrogen (secondary N) is 1. The summed E-state index contributed by atoms with van der Waals surface area (Å²) in [4.78, 5) is 13.7. The number of nitrogens with two attached hydrogens (primary N) is 1. The molecule has 0 aliphatic carbocycles. The minimum absolute atomic E-state index is 0.0148. The summed E-state index contributed by atoms with van der Waals surface area (Å²) in [5, 5.41) is 0. The highest BCUT2D eigenvalue weighted by molar-refractivity contribution is 7.89. The van der Waals surface area contributed by atoms with E-state index in [0.29, 0.717) is 13.1 Å². The molecule has 1 heterocycles. The van der Waals surface area contributed by atoms with Crippen molar-refractivity contribution in [1.29, 1.82) is 0 Å². The Balaban J connectivity index is 2.28. The quantitative estimate of drug-likeness (QED) is 0.851. The summed E-state index contributed by atoms with van der Waals surface area (Å²) in [5.41, 5.74) is 6.07. The highest BCUT2D eigenvalue weighted by atomic mass is 32.2. The van der Waals surface area contributed by atoms with Gasteiger partial charge >= 0.3 is 0 Å². The third-order valence-corrected chi connectivity index (χ3v) is 5.65. The molecule has 128 valence electrons. The summed E-state index contributed by atoms with van der Waals surface area (Å²) in [7, 11) is -2.76. The van der Waals surface area contributed by atoms with E-state index in [2.05, 4.69) is 4.72 Å². The number of benzene rings is 1. The van der Waals surface area contributed by atoms with Crippen molar-refractivity contribution in [1.82, 2.24) is 9.62 Å². The van der Waals surface area contributed by atoms with E-state index in [-0.39, 0.29) is 23.4 Å². The van der Waals surface area contributed by atoms with E-state index >= 15 is 0 Å². The van der Waals surface area contributed by atoms with Gasteiger partial charge in [-0.1, -0.05) is 0 Å². The van der Waals surface area contributed by atoms with E-state index in [1.54, 1.807) is 4.90 Å². The van der Waals surface area contributed by atoms with Crippen LogP contribution in [0.5, 0.6) is 0 Å². The van der Waals surface area contributed by atoms with Crippen molar-refractivity contribution in [2.75, 3.05) is 20.1 Å². The van der Waals surface area contributed by atoms with E-state index < -0.39 is 20.7 Å². The third kappa shape index (κ3) is 3.88. The van der Waals surface area contributed by atoms with E-state index in [4.69, 9.17) is 5.73 Å². The lowest BCUT2D eigenvalue weighted by molar-refractivity contribution is 0.0660. The number of hydrogen-bond donors (Lipinski definition) is 2. The Morgan fingerprint density at radius 1 is 1.48 bits per heavy atom. The van der Waals surface area contributed by atoms with Crippen LogP contribution in [0.15, 0.2) is 23.1 Å². The Hall–Kier alpha value is -1.51. The van der Waals surface area contributed by atoms with E-state index in [1.807, 2.05) is 6.92 Å². The summed E-state index contributed by atoms with van der Waals surface area (Å²) in [6.45, 7) is 3.03. The minimum atomic E-state index is -3.96. The third-order valence-electron chi connectivity index (χ3n) is 4.23. The maximum atomic E-state index is 13.8. The van der Waals surface area contributed by atoms with Crippen LogP contribution in [-0.4, -0.2) is 45.4 Å². The van der Waals surface area contributed by atoms with Crippen molar-refractivity contribution >= 4 is 15.9 Å². The van der Waals surface area contributed by atoms with Crippen molar-refractivity contribution < 1.29 is 17.6 Å². The SMILES string of the molecule is CNS(=O)(=O)c1cc(C(=O)N2CCC[C@@H]([C@@H](C)N)C2)ccc1F. The second-order valence-electron chi connectivity index (χ2n) is 5.87. The van der Waals surface area contributed by atoms with Crippen LogP contribution in [0.25, 0.3) is 0 Å². The van der Waals surface area contributed by atoms with Crippen LogP contribution in [0.3, 0.4) is 0 Å². The summed E-state index contributed by atoms with van der Waals surface area (Å²) < 4.78 is 39.5. The minimum Gasteiger partial charge on any atom is -0.338 e. The highest BCUT2D eigenvalue weighted by Gasteiger charge is 2.27. The summed E-state index contributed by atoms with van der Waals surface area (Å²) in [6.07, 6.45) is 1.81. The standard InChI is InChI=1S/C15H22FN3O3S/c1-10(17)12-4-3-7-19(9-12)15(20)11-5-6-13(16)14(8-11)23(21,22)18-2/h5-6,8,10,12,18H,3-4,7,9,17H2,1-2H3/t10-,12-/m1/s1. The van der Waals surface area contributed by atoms with Crippen molar-refractivity contribution in [2.24, 2.45) is 11.7 Å². The van der Waals surface area contributed by atoms with E-state index in [1.165, 1.54) is 13.1 Å². The number of rotatable bonds is 4. The van der Waals surface area contributed by atoms with Gasteiger partial charge in [-0.2, -0.15) is 0 Å². The monoisotopic (exact) mass is 343 g/mol. The number of likely N-dealkylation sites (tertiary alicyclic amines) is 1. The lowest BCUT2D eigenvalue weighted by Gasteiger charge is -2.34. The summed E-state index contributed by atoms with van der Waals surface area (Å²) >= 11 is 0. The summed E-state index contributed by atoms with van der Waals surface area (Å²) in [6, 6.07) is 3.38.